The molecule has 0 aliphatic heterocycles. The van der Waals surface area contributed by atoms with Crippen molar-refractivity contribution in [1.29, 1.82) is 0 Å². The van der Waals surface area contributed by atoms with Gasteiger partial charge in [0.2, 0.25) is 5.89 Å². The number of nitrogens with one attached hydrogen (secondary N) is 2. The second-order valence-electron chi connectivity index (χ2n) is 3.92. The standard InChI is InChI=1S/C12H17N5O2/c1-9-16-11(19-17-9)5-6-14-12(13-2)15-8-10-4-3-7-18-10/h3-4,7H,5-6,8H2,1-2H3,(H2,13,14,15). The largest absolute Gasteiger partial charge is 0.467 e. The summed E-state index contributed by atoms with van der Waals surface area (Å²) in [7, 11) is 1.72. The van der Waals surface area contributed by atoms with Crippen molar-refractivity contribution in [1.82, 2.24) is 20.8 Å². The Morgan fingerprint density at radius 1 is 1.42 bits per heavy atom. The lowest BCUT2D eigenvalue weighted by molar-refractivity contribution is 0.374. The van der Waals surface area contributed by atoms with E-state index < -0.39 is 0 Å². The average molecular weight is 263 g/mol. The lowest BCUT2D eigenvalue weighted by Crippen LogP contribution is -2.37. The molecule has 2 heterocycles. The van der Waals surface area contributed by atoms with Gasteiger partial charge >= 0.3 is 0 Å². The molecule has 0 aliphatic carbocycles. The van der Waals surface area contributed by atoms with Crippen LogP contribution >= 0.6 is 0 Å². The zero-order valence-corrected chi connectivity index (χ0v) is 11.0. The molecule has 0 amide bonds. The number of nitrogens with zero attached hydrogens (tertiary/aromatic N) is 3. The lowest BCUT2D eigenvalue weighted by atomic mass is 10.4. The smallest absolute Gasteiger partial charge is 0.228 e. The SMILES string of the molecule is CN=C(NCCc1nc(C)no1)NCc1ccco1. The molecule has 0 fully saturated rings. The Morgan fingerprint density at radius 2 is 2.32 bits per heavy atom. The van der Waals surface area contributed by atoms with Crippen LogP contribution in [0.25, 0.3) is 0 Å². The number of rotatable bonds is 5. The van der Waals surface area contributed by atoms with Crippen LogP contribution in [-0.4, -0.2) is 29.7 Å². The number of aromatic nitrogens is 2. The first-order chi connectivity index (χ1) is 9.28. The van der Waals surface area contributed by atoms with Crippen molar-refractivity contribution in [3.63, 3.8) is 0 Å². The van der Waals surface area contributed by atoms with E-state index in [9.17, 15) is 0 Å². The van der Waals surface area contributed by atoms with Gasteiger partial charge in [0.05, 0.1) is 12.8 Å². The van der Waals surface area contributed by atoms with E-state index in [2.05, 4.69) is 25.8 Å². The predicted molar refractivity (Wildman–Crippen MR) is 69.6 cm³/mol. The van der Waals surface area contributed by atoms with Crippen molar-refractivity contribution in [2.24, 2.45) is 4.99 Å². The molecular weight excluding hydrogens is 246 g/mol. The summed E-state index contributed by atoms with van der Waals surface area (Å²) in [6.45, 7) is 3.05. The molecule has 0 atom stereocenters. The normalized spacial score (nSPS) is 11.6. The van der Waals surface area contributed by atoms with Gasteiger partial charge in [-0.1, -0.05) is 5.16 Å². The third-order valence-corrected chi connectivity index (χ3v) is 2.43. The van der Waals surface area contributed by atoms with Gasteiger partial charge < -0.3 is 19.6 Å². The Bertz CT molecular complexity index is 518. The zero-order chi connectivity index (χ0) is 13.5. The second-order valence-corrected chi connectivity index (χ2v) is 3.92. The Morgan fingerprint density at radius 3 is 2.95 bits per heavy atom. The van der Waals surface area contributed by atoms with Gasteiger partial charge in [-0.2, -0.15) is 4.98 Å². The Hall–Kier alpha value is -2.31. The van der Waals surface area contributed by atoms with Gasteiger partial charge in [0.1, 0.15) is 5.76 Å². The highest BCUT2D eigenvalue weighted by Crippen LogP contribution is 1.98. The third kappa shape index (κ3) is 4.13. The average Bonchev–Trinajstić information content (AvgIpc) is 3.05. The van der Waals surface area contributed by atoms with Crippen LogP contribution in [-0.2, 0) is 13.0 Å². The fourth-order valence-electron chi connectivity index (χ4n) is 1.53. The topological polar surface area (TPSA) is 88.5 Å². The van der Waals surface area contributed by atoms with E-state index in [-0.39, 0.29) is 0 Å². The second kappa shape index (κ2) is 6.58. The van der Waals surface area contributed by atoms with Gasteiger partial charge in [-0.3, -0.25) is 4.99 Å². The maximum atomic E-state index is 5.23. The van der Waals surface area contributed by atoms with Crippen LogP contribution in [0.15, 0.2) is 32.3 Å². The van der Waals surface area contributed by atoms with E-state index in [1.54, 1.807) is 20.2 Å². The monoisotopic (exact) mass is 263 g/mol. The summed E-state index contributed by atoms with van der Waals surface area (Å²) in [6.07, 6.45) is 2.30. The first kappa shape index (κ1) is 13.1. The summed E-state index contributed by atoms with van der Waals surface area (Å²) in [6, 6.07) is 3.76. The molecule has 0 saturated carbocycles. The number of guanidine groups is 1. The van der Waals surface area contributed by atoms with Crippen LogP contribution < -0.4 is 10.6 Å². The van der Waals surface area contributed by atoms with Crippen LogP contribution in [0.2, 0.25) is 0 Å². The van der Waals surface area contributed by atoms with E-state index in [0.717, 1.165) is 5.76 Å². The van der Waals surface area contributed by atoms with Crippen LogP contribution in [0, 0.1) is 6.92 Å². The molecule has 0 saturated heterocycles. The molecular formula is C12H17N5O2. The fourth-order valence-corrected chi connectivity index (χ4v) is 1.53. The first-order valence-corrected chi connectivity index (χ1v) is 6.04. The van der Waals surface area contributed by atoms with Gasteiger partial charge in [0.15, 0.2) is 11.8 Å². The molecule has 0 aromatic carbocycles. The number of hydrogen-bond donors (Lipinski definition) is 2. The van der Waals surface area contributed by atoms with Gasteiger partial charge in [-0.25, -0.2) is 0 Å². The molecule has 0 spiro atoms. The van der Waals surface area contributed by atoms with Crippen molar-refractivity contribution in [2.75, 3.05) is 13.6 Å². The Kier molecular flexibility index (Phi) is 4.54. The van der Waals surface area contributed by atoms with Gasteiger partial charge in [0.25, 0.3) is 0 Å². The summed E-state index contributed by atoms with van der Waals surface area (Å²) in [4.78, 5) is 8.24. The van der Waals surface area contributed by atoms with E-state index in [4.69, 9.17) is 8.94 Å². The summed E-state index contributed by atoms with van der Waals surface area (Å²) >= 11 is 0. The highest BCUT2D eigenvalue weighted by atomic mass is 16.5. The number of aliphatic imine (C=N–C) groups is 1. The molecule has 7 heteroatoms. The number of aryl methyl sites for hydroxylation is 1. The molecule has 0 unspecified atom stereocenters. The highest BCUT2D eigenvalue weighted by Gasteiger charge is 2.03. The highest BCUT2D eigenvalue weighted by molar-refractivity contribution is 5.79. The molecule has 19 heavy (non-hydrogen) atoms. The molecule has 2 aromatic rings. The molecule has 2 rings (SSSR count). The number of furan rings is 1. The van der Waals surface area contributed by atoms with Gasteiger partial charge in [-0.05, 0) is 19.1 Å². The summed E-state index contributed by atoms with van der Waals surface area (Å²) in [5.74, 6) is 2.82. The molecule has 0 radical (unpaired) electrons. The molecule has 102 valence electrons. The summed E-state index contributed by atoms with van der Waals surface area (Å²) in [5, 5.41) is 10.0. The quantitative estimate of drug-likeness (QED) is 0.615. The van der Waals surface area contributed by atoms with Crippen LogP contribution in [0.1, 0.15) is 17.5 Å². The van der Waals surface area contributed by atoms with Gasteiger partial charge in [-0.15, -0.1) is 0 Å². The van der Waals surface area contributed by atoms with Crippen LogP contribution in [0.3, 0.4) is 0 Å². The minimum atomic E-state index is 0.590. The van der Waals surface area contributed by atoms with E-state index >= 15 is 0 Å². The van der Waals surface area contributed by atoms with E-state index in [1.807, 2.05) is 12.1 Å². The number of hydrogen-bond acceptors (Lipinski definition) is 5. The lowest BCUT2D eigenvalue weighted by Gasteiger charge is -2.09. The van der Waals surface area contributed by atoms with Crippen molar-refractivity contribution >= 4 is 5.96 Å². The predicted octanol–water partition coefficient (Wildman–Crippen LogP) is 0.879. The maximum absolute atomic E-state index is 5.23. The first-order valence-electron chi connectivity index (χ1n) is 6.04. The minimum Gasteiger partial charge on any atom is -0.467 e. The third-order valence-electron chi connectivity index (χ3n) is 2.43. The molecule has 7 nitrogen and oxygen atoms in total. The Labute approximate surface area is 111 Å². The maximum Gasteiger partial charge on any atom is 0.228 e. The zero-order valence-electron chi connectivity index (χ0n) is 11.0. The van der Waals surface area contributed by atoms with Crippen molar-refractivity contribution < 1.29 is 8.94 Å². The van der Waals surface area contributed by atoms with Crippen LogP contribution in [0.5, 0.6) is 0 Å². The molecule has 0 bridgehead atoms. The fraction of sp³-hybridized carbons (Fsp3) is 0.417. The van der Waals surface area contributed by atoms with Crippen molar-refractivity contribution in [3.05, 3.63) is 35.9 Å². The molecule has 2 N–H and O–H groups in total. The summed E-state index contributed by atoms with van der Waals surface area (Å²) in [5.41, 5.74) is 0. The molecule has 0 aliphatic rings. The van der Waals surface area contributed by atoms with E-state index in [1.165, 1.54) is 0 Å². The van der Waals surface area contributed by atoms with Crippen molar-refractivity contribution in [2.45, 2.75) is 19.9 Å². The van der Waals surface area contributed by atoms with Crippen molar-refractivity contribution in [3.8, 4) is 0 Å². The van der Waals surface area contributed by atoms with E-state index in [0.29, 0.717) is 37.2 Å². The Balaban J connectivity index is 1.71. The van der Waals surface area contributed by atoms with Gasteiger partial charge in [0, 0.05) is 20.0 Å². The minimum absolute atomic E-state index is 0.590. The molecule has 2 aromatic heterocycles. The summed E-state index contributed by atoms with van der Waals surface area (Å²) < 4.78 is 10.2. The van der Waals surface area contributed by atoms with Crippen LogP contribution in [0.4, 0.5) is 0 Å².